The van der Waals surface area contributed by atoms with Crippen molar-refractivity contribution in [3.8, 4) is 5.69 Å². The van der Waals surface area contributed by atoms with E-state index in [4.69, 9.17) is 0 Å². The Labute approximate surface area is 122 Å². The second-order valence-corrected chi connectivity index (χ2v) is 4.58. The highest BCUT2D eigenvalue weighted by atomic mass is 15.5. The van der Waals surface area contributed by atoms with Gasteiger partial charge in [0.25, 0.3) is 0 Å². The Balaban J connectivity index is 1.79. The number of benzene rings is 2. The number of aromatic nitrogens is 4. The van der Waals surface area contributed by atoms with E-state index in [1.807, 2.05) is 60.8 Å². The van der Waals surface area contributed by atoms with Crippen LogP contribution in [0.5, 0.6) is 0 Å². The van der Waals surface area contributed by atoms with Crippen molar-refractivity contribution in [2.75, 3.05) is 5.32 Å². The van der Waals surface area contributed by atoms with Crippen LogP contribution in [0, 0.1) is 6.92 Å². The van der Waals surface area contributed by atoms with Gasteiger partial charge < -0.3 is 5.32 Å². The van der Waals surface area contributed by atoms with E-state index in [0.29, 0.717) is 5.82 Å². The van der Waals surface area contributed by atoms with Gasteiger partial charge in [-0.25, -0.2) is 0 Å². The molecule has 5 nitrogen and oxygen atoms in total. The van der Waals surface area contributed by atoms with Crippen LogP contribution in [-0.4, -0.2) is 20.2 Å². The van der Waals surface area contributed by atoms with Crippen LogP contribution >= 0.6 is 0 Å². The van der Waals surface area contributed by atoms with Crippen LogP contribution in [-0.2, 0) is 0 Å². The molecule has 0 fully saturated rings. The summed E-state index contributed by atoms with van der Waals surface area (Å²) in [5.74, 6) is 0.669. The quantitative estimate of drug-likeness (QED) is 0.796. The molecule has 5 heteroatoms. The number of nitrogens with one attached hydrogen (secondary N) is 1. The number of nitrogens with zero attached hydrogens (tertiary/aromatic N) is 4. The zero-order valence-corrected chi connectivity index (χ0v) is 11.6. The maximum Gasteiger partial charge on any atom is 0.181 e. The summed E-state index contributed by atoms with van der Waals surface area (Å²) in [6.07, 6.45) is 3.69. The molecule has 21 heavy (non-hydrogen) atoms. The number of hydrogen-bond acceptors (Lipinski definition) is 4. The van der Waals surface area contributed by atoms with Gasteiger partial charge in [0.05, 0.1) is 5.69 Å². The molecular weight excluding hydrogens is 262 g/mol. The molecule has 104 valence electrons. The maximum absolute atomic E-state index is 4.02. The van der Waals surface area contributed by atoms with Gasteiger partial charge in [0.15, 0.2) is 5.82 Å². The summed E-state index contributed by atoms with van der Waals surface area (Å²) in [6, 6.07) is 17.9. The van der Waals surface area contributed by atoms with Crippen molar-refractivity contribution < 1.29 is 0 Å². The van der Waals surface area contributed by atoms with Gasteiger partial charge in [-0.15, -0.1) is 5.10 Å². The summed E-state index contributed by atoms with van der Waals surface area (Å²) in [5.41, 5.74) is 3.18. The molecule has 0 atom stereocenters. The van der Waals surface area contributed by atoms with Gasteiger partial charge in [-0.3, -0.25) is 0 Å². The summed E-state index contributed by atoms with van der Waals surface area (Å²) in [5, 5.41) is 15.0. The number of rotatable bonds is 4. The lowest BCUT2D eigenvalue weighted by Crippen LogP contribution is -1.99. The van der Waals surface area contributed by atoms with Crippen LogP contribution < -0.4 is 5.32 Å². The Bertz CT molecular complexity index is 746. The van der Waals surface area contributed by atoms with Crippen molar-refractivity contribution in [2.24, 2.45) is 0 Å². The van der Waals surface area contributed by atoms with Gasteiger partial charge in [-0.05, 0) is 41.1 Å². The van der Waals surface area contributed by atoms with Crippen molar-refractivity contribution >= 4 is 11.8 Å². The minimum absolute atomic E-state index is 0.669. The molecule has 0 aliphatic carbocycles. The van der Waals surface area contributed by atoms with E-state index in [1.54, 1.807) is 4.68 Å². The molecule has 0 aliphatic heterocycles. The summed E-state index contributed by atoms with van der Waals surface area (Å²) < 4.78 is 1.69. The van der Waals surface area contributed by atoms with Gasteiger partial charge in [0.1, 0.15) is 0 Å². The minimum Gasteiger partial charge on any atom is -0.361 e. The fourth-order valence-electron chi connectivity index (χ4n) is 1.99. The number of hydrogen-bond donors (Lipinski definition) is 1. The largest absolute Gasteiger partial charge is 0.361 e. The molecule has 3 rings (SSSR count). The van der Waals surface area contributed by atoms with E-state index < -0.39 is 0 Å². The third-order valence-corrected chi connectivity index (χ3v) is 3.11. The molecule has 3 aromatic rings. The molecule has 1 N–H and O–H groups in total. The lowest BCUT2D eigenvalue weighted by atomic mass is 10.2. The molecule has 0 spiro atoms. The zero-order chi connectivity index (χ0) is 14.5. The predicted octanol–water partition coefficient (Wildman–Crippen LogP) is 3.05. The Morgan fingerprint density at radius 3 is 2.57 bits per heavy atom. The average molecular weight is 277 g/mol. The Morgan fingerprint density at radius 2 is 1.76 bits per heavy atom. The fourth-order valence-corrected chi connectivity index (χ4v) is 1.99. The second-order valence-electron chi connectivity index (χ2n) is 4.58. The number of tetrazole rings is 1. The van der Waals surface area contributed by atoms with Crippen LogP contribution in [0.4, 0.5) is 5.69 Å². The first-order valence-corrected chi connectivity index (χ1v) is 6.67. The number of anilines is 1. The van der Waals surface area contributed by atoms with Crippen LogP contribution in [0.1, 0.15) is 11.4 Å². The van der Waals surface area contributed by atoms with Crippen LogP contribution in [0.3, 0.4) is 0 Å². The monoisotopic (exact) mass is 277 g/mol. The van der Waals surface area contributed by atoms with E-state index in [1.165, 1.54) is 5.56 Å². The minimum atomic E-state index is 0.669. The highest BCUT2D eigenvalue weighted by Crippen LogP contribution is 2.13. The van der Waals surface area contributed by atoms with Gasteiger partial charge in [0.2, 0.25) is 0 Å². The highest BCUT2D eigenvalue weighted by Gasteiger charge is 2.04. The number of aryl methyl sites for hydroxylation is 1. The van der Waals surface area contributed by atoms with Crippen LogP contribution in [0.25, 0.3) is 11.8 Å². The molecule has 0 aliphatic rings. The summed E-state index contributed by atoms with van der Waals surface area (Å²) in [6.45, 7) is 2.06. The van der Waals surface area contributed by atoms with Crippen LogP contribution in [0.2, 0.25) is 0 Å². The molecule has 0 saturated heterocycles. The first-order valence-electron chi connectivity index (χ1n) is 6.67. The third-order valence-electron chi connectivity index (χ3n) is 3.11. The highest BCUT2D eigenvalue weighted by molar-refractivity contribution is 5.56. The molecule has 0 amide bonds. The molecule has 1 aromatic heterocycles. The SMILES string of the molecule is Cc1ccccc1NC=Cc1nnnn1-c1ccccc1. The second kappa shape index (κ2) is 6.00. The normalized spacial score (nSPS) is 10.9. The summed E-state index contributed by atoms with van der Waals surface area (Å²) in [4.78, 5) is 0. The maximum atomic E-state index is 4.02. The molecule has 2 aromatic carbocycles. The van der Waals surface area contributed by atoms with Gasteiger partial charge in [0, 0.05) is 18.0 Å². The molecule has 0 unspecified atom stereocenters. The Hall–Kier alpha value is -2.95. The molecule has 0 bridgehead atoms. The topological polar surface area (TPSA) is 55.6 Å². The fraction of sp³-hybridized carbons (Fsp3) is 0.0625. The van der Waals surface area contributed by atoms with Crippen LogP contribution in [0.15, 0.2) is 60.8 Å². The predicted molar refractivity (Wildman–Crippen MR) is 83.0 cm³/mol. The van der Waals surface area contributed by atoms with Gasteiger partial charge in [-0.1, -0.05) is 36.4 Å². The molecule has 0 radical (unpaired) electrons. The third kappa shape index (κ3) is 2.97. The smallest absolute Gasteiger partial charge is 0.181 e. The average Bonchev–Trinajstić information content (AvgIpc) is 2.99. The van der Waals surface area contributed by atoms with E-state index in [0.717, 1.165) is 11.4 Å². The van der Waals surface area contributed by atoms with Gasteiger partial charge >= 0.3 is 0 Å². The lowest BCUT2D eigenvalue weighted by Gasteiger charge is -2.04. The molecule has 1 heterocycles. The number of para-hydroxylation sites is 2. The summed E-state index contributed by atoms with van der Waals surface area (Å²) in [7, 11) is 0. The lowest BCUT2D eigenvalue weighted by molar-refractivity contribution is 0.787. The Kier molecular flexibility index (Phi) is 3.73. The molecule has 0 saturated carbocycles. The van der Waals surface area contributed by atoms with Gasteiger partial charge in [-0.2, -0.15) is 4.68 Å². The zero-order valence-electron chi connectivity index (χ0n) is 11.6. The van der Waals surface area contributed by atoms with Crippen molar-refractivity contribution in [3.05, 3.63) is 72.2 Å². The van der Waals surface area contributed by atoms with Crippen molar-refractivity contribution in [1.29, 1.82) is 0 Å². The standard InChI is InChI=1S/C16H15N5/c1-13-7-5-6-10-15(13)17-12-11-16-18-19-20-21(16)14-8-3-2-4-9-14/h2-12,17H,1H3. The molecular formula is C16H15N5. The first-order chi connectivity index (χ1) is 10.3. The first kappa shape index (κ1) is 13.1. The van der Waals surface area contributed by atoms with E-state index in [-0.39, 0.29) is 0 Å². The Morgan fingerprint density at radius 1 is 1.00 bits per heavy atom. The van der Waals surface area contributed by atoms with E-state index in [9.17, 15) is 0 Å². The van der Waals surface area contributed by atoms with Crippen molar-refractivity contribution in [2.45, 2.75) is 6.92 Å². The van der Waals surface area contributed by atoms with Crippen molar-refractivity contribution in [1.82, 2.24) is 20.2 Å². The summed E-state index contributed by atoms with van der Waals surface area (Å²) >= 11 is 0. The van der Waals surface area contributed by atoms with E-state index in [2.05, 4.69) is 33.8 Å². The van der Waals surface area contributed by atoms with Crippen molar-refractivity contribution in [3.63, 3.8) is 0 Å². The van der Waals surface area contributed by atoms with E-state index >= 15 is 0 Å².